The topological polar surface area (TPSA) is 49.9 Å². The summed E-state index contributed by atoms with van der Waals surface area (Å²) in [5, 5.41) is 0. The Morgan fingerprint density at radius 2 is 1.90 bits per heavy atom. The largest absolute Gasteiger partial charge is 0.415 e. The van der Waals surface area contributed by atoms with Crippen molar-refractivity contribution in [1.82, 2.24) is 9.80 Å². The van der Waals surface area contributed by atoms with E-state index in [1.807, 2.05) is 18.2 Å². The average molecular weight is 278 g/mol. The minimum absolute atomic E-state index is 0.000480. The second-order valence-electron chi connectivity index (χ2n) is 4.91. The number of hydrogen-bond donors (Lipinski definition) is 0. The summed E-state index contributed by atoms with van der Waals surface area (Å²) in [6.45, 7) is 2.10. The Bertz CT molecular complexity index is 472. The second kappa shape index (κ2) is 7.53. The summed E-state index contributed by atoms with van der Waals surface area (Å²) in [4.78, 5) is 26.1. The molecule has 5 nitrogen and oxygen atoms in total. The van der Waals surface area contributed by atoms with Gasteiger partial charge in [-0.05, 0) is 24.1 Å². The van der Waals surface area contributed by atoms with E-state index >= 15 is 0 Å². The highest BCUT2D eigenvalue weighted by Crippen LogP contribution is 2.15. The SMILES string of the molecule is CCCc1cccc(OC(=O)N(C)CC(=O)N(C)C)c1. The van der Waals surface area contributed by atoms with Gasteiger partial charge in [-0.2, -0.15) is 0 Å². The van der Waals surface area contributed by atoms with Crippen molar-refractivity contribution < 1.29 is 14.3 Å². The van der Waals surface area contributed by atoms with E-state index in [9.17, 15) is 9.59 Å². The van der Waals surface area contributed by atoms with Gasteiger partial charge in [0.05, 0.1) is 0 Å². The second-order valence-corrected chi connectivity index (χ2v) is 4.91. The molecule has 1 aromatic carbocycles. The molecule has 0 unspecified atom stereocenters. The van der Waals surface area contributed by atoms with Crippen molar-refractivity contribution >= 4 is 12.0 Å². The van der Waals surface area contributed by atoms with Crippen molar-refractivity contribution in [2.75, 3.05) is 27.7 Å². The molecule has 0 aliphatic rings. The standard InChI is InChI=1S/C15H22N2O3/c1-5-7-12-8-6-9-13(10-12)20-15(19)17(4)11-14(18)16(2)3/h6,8-10H,5,7,11H2,1-4H3. The first kappa shape index (κ1) is 16.0. The van der Waals surface area contributed by atoms with E-state index in [-0.39, 0.29) is 12.5 Å². The van der Waals surface area contributed by atoms with E-state index in [1.165, 1.54) is 9.80 Å². The van der Waals surface area contributed by atoms with E-state index in [2.05, 4.69) is 6.92 Å². The Balaban J connectivity index is 2.61. The van der Waals surface area contributed by atoms with Gasteiger partial charge >= 0.3 is 6.09 Å². The molecule has 0 fully saturated rings. The lowest BCUT2D eigenvalue weighted by molar-refractivity contribution is -0.129. The molecule has 0 atom stereocenters. The highest BCUT2D eigenvalue weighted by molar-refractivity contribution is 5.82. The summed E-state index contributed by atoms with van der Waals surface area (Å²) in [6.07, 6.45) is 1.45. The normalized spacial score (nSPS) is 10.0. The minimum Gasteiger partial charge on any atom is -0.410 e. The van der Waals surface area contributed by atoms with Crippen LogP contribution in [-0.2, 0) is 11.2 Å². The number of rotatable bonds is 5. The molecule has 0 heterocycles. The van der Waals surface area contributed by atoms with E-state index in [0.717, 1.165) is 18.4 Å². The Hall–Kier alpha value is -2.04. The van der Waals surface area contributed by atoms with Crippen molar-refractivity contribution in [1.29, 1.82) is 0 Å². The summed E-state index contributed by atoms with van der Waals surface area (Å²) in [7, 11) is 4.84. The van der Waals surface area contributed by atoms with Crippen LogP contribution < -0.4 is 4.74 Å². The average Bonchev–Trinajstić information content (AvgIpc) is 2.39. The first-order valence-corrected chi connectivity index (χ1v) is 6.66. The van der Waals surface area contributed by atoms with Gasteiger partial charge in [0.15, 0.2) is 0 Å². The molecule has 2 amide bonds. The summed E-state index contributed by atoms with van der Waals surface area (Å²) in [5.74, 6) is 0.356. The Kier molecular flexibility index (Phi) is 6.03. The van der Waals surface area contributed by atoms with Crippen LogP contribution in [0.1, 0.15) is 18.9 Å². The molecule has 0 aliphatic carbocycles. The molecule has 0 saturated heterocycles. The lowest BCUT2D eigenvalue weighted by Gasteiger charge is -2.18. The molecule has 110 valence electrons. The van der Waals surface area contributed by atoms with Crippen molar-refractivity contribution in [2.24, 2.45) is 0 Å². The maximum absolute atomic E-state index is 11.9. The zero-order valence-corrected chi connectivity index (χ0v) is 12.5. The van der Waals surface area contributed by atoms with Crippen molar-refractivity contribution in [3.8, 4) is 5.75 Å². The van der Waals surface area contributed by atoms with Crippen LogP contribution in [0.2, 0.25) is 0 Å². The number of carbonyl (C=O) groups is 2. The van der Waals surface area contributed by atoms with Gasteiger partial charge < -0.3 is 14.5 Å². The first-order chi connectivity index (χ1) is 9.43. The van der Waals surface area contributed by atoms with Crippen molar-refractivity contribution in [3.05, 3.63) is 29.8 Å². The Labute approximate surface area is 120 Å². The van der Waals surface area contributed by atoms with E-state index in [1.54, 1.807) is 27.2 Å². The smallest absolute Gasteiger partial charge is 0.410 e. The van der Waals surface area contributed by atoms with Crippen molar-refractivity contribution in [3.63, 3.8) is 0 Å². The van der Waals surface area contributed by atoms with Gasteiger partial charge in [-0.25, -0.2) is 4.79 Å². The summed E-state index contributed by atoms with van der Waals surface area (Å²) in [5.41, 5.74) is 1.13. The molecule has 0 saturated carbocycles. The monoisotopic (exact) mass is 278 g/mol. The molecule has 0 radical (unpaired) electrons. The van der Waals surface area contributed by atoms with E-state index < -0.39 is 6.09 Å². The van der Waals surface area contributed by atoms with Gasteiger partial charge in [0.2, 0.25) is 5.91 Å². The summed E-state index contributed by atoms with van der Waals surface area (Å²) >= 11 is 0. The zero-order chi connectivity index (χ0) is 15.1. The lowest BCUT2D eigenvalue weighted by atomic mass is 10.1. The number of ether oxygens (including phenoxy) is 1. The summed E-state index contributed by atoms with van der Waals surface area (Å²) in [6, 6.07) is 7.44. The van der Waals surface area contributed by atoms with E-state index in [0.29, 0.717) is 5.75 Å². The minimum atomic E-state index is -0.533. The van der Waals surface area contributed by atoms with Gasteiger partial charge in [-0.3, -0.25) is 4.79 Å². The lowest BCUT2D eigenvalue weighted by Crippen LogP contribution is -2.39. The molecule has 20 heavy (non-hydrogen) atoms. The number of aryl methyl sites for hydroxylation is 1. The maximum atomic E-state index is 11.9. The molecule has 0 aliphatic heterocycles. The summed E-state index contributed by atoms with van der Waals surface area (Å²) < 4.78 is 5.26. The van der Waals surface area contributed by atoms with Crippen LogP contribution in [0.3, 0.4) is 0 Å². The fourth-order valence-electron chi connectivity index (χ4n) is 1.64. The van der Waals surface area contributed by atoms with Gasteiger partial charge in [0.25, 0.3) is 0 Å². The van der Waals surface area contributed by atoms with Crippen LogP contribution in [0.25, 0.3) is 0 Å². The molecule has 0 aromatic heterocycles. The Morgan fingerprint density at radius 3 is 2.50 bits per heavy atom. The third-order valence-corrected chi connectivity index (χ3v) is 2.83. The fraction of sp³-hybridized carbons (Fsp3) is 0.467. The molecule has 1 aromatic rings. The number of amides is 2. The molecule has 0 bridgehead atoms. The quantitative estimate of drug-likeness (QED) is 0.829. The Morgan fingerprint density at radius 1 is 1.20 bits per heavy atom. The third kappa shape index (κ3) is 4.91. The number of likely N-dealkylation sites (N-methyl/N-ethyl adjacent to an activating group) is 2. The molecule has 5 heteroatoms. The van der Waals surface area contributed by atoms with Crippen LogP contribution in [0.15, 0.2) is 24.3 Å². The predicted molar refractivity (Wildman–Crippen MR) is 77.8 cm³/mol. The molecule has 0 spiro atoms. The van der Waals surface area contributed by atoms with E-state index in [4.69, 9.17) is 4.74 Å². The molecular formula is C15H22N2O3. The first-order valence-electron chi connectivity index (χ1n) is 6.66. The zero-order valence-electron chi connectivity index (χ0n) is 12.5. The van der Waals surface area contributed by atoms with Gasteiger partial charge in [0, 0.05) is 21.1 Å². The van der Waals surface area contributed by atoms with Crippen LogP contribution in [0, 0.1) is 0 Å². The van der Waals surface area contributed by atoms with Crippen LogP contribution >= 0.6 is 0 Å². The number of carbonyl (C=O) groups excluding carboxylic acids is 2. The predicted octanol–water partition coefficient (Wildman–Crippen LogP) is 2.16. The van der Waals surface area contributed by atoms with Crippen molar-refractivity contribution in [2.45, 2.75) is 19.8 Å². The van der Waals surface area contributed by atoms with Gasteiger partial charge in [-0.15, -0.1) is 0 Å². The highest BCUT2D eigenvalue weighted by Gasteiger charge is 2.16. The fourth-order valence-corrected chi connectivity index (χ4v) is 1.64. The third-order valence-electron chi connectivity index (χ3n) is 2.83. The molecular weight excluding hydrogens is 256 g/mol. The number of hydrogen-bond acceptors (Lipinski definition) is 3. The van der Waals surface area contributed by atoms with Crippen LogP contribution in [-0.4, -0.2) is 49.5 Å². The van der Waals surface area contributed by atoms with Gasteiger partial charge in [-0.1, -0.05) is 25.5 Å². The molecule has 1 rings (SSSR count). The van der Waals surface area contributed by atoms with Crippen LogP contribution in [0.4, 0.5) is 4.79 Å². The maximum Gasteiger partial charge on any atom is 0.415 e. The van der Waals surface area contributed by atoms with Crippen LogP contribution in [0.5, 0.6) is 5.75 Å². The van der Waals surface area contributed by atoms with Gasteiger partial charge in [0.1, 0.15) is 12.3 Å². The highest BCUT2D eigenvalue weighted by atomic mass is 16.6. The number of nitrogens with zero attached hydrogens (tertiary/aromatic N) is 2. The molecule has 0 N–H and O–H groups in total. The number of benzene rings is 1.